The second kappa shape index (κ2) is 13.7. The molecular formula is C31H42N2O. The fraction of sp³-hybridized carbons (Fsp3) is 0.387. The lowest BCUT2D eigenvalue weighted by atomic mass is 9.91. The summed E-state index contributed by atoms with van der Waals surface area (Å²) in [6.07, 6.45) is 5.05. The molecule has 0 atom stereocenters. The number of nitrogens with two attached hydrogens (primary N) is 1. The standard InChI is InChI=1S/C31H42N2O/c1-7-26-13-15-27(16-14-26)18-19-33-31(34)29(8-2)30(25(6)21-32)11-9-10-23(4)28-17-12-22(3)24(5)20-28/h12-17,20H,4,6-11,18-19,21,32H2,1-3,5H3,(H,33,34)/b30-29+. The molecule has 0 spiro atoms. The third-order valence-corrected chi connectivity index (χ3v) is 6.62. The molecule has 182 valence electrons. The molecule has 34 heavy (non-hydrogen) atoms. The van der Waals surface area contributed by atoms with Crippen LogP contribution < -0.4 is 11.1 Å². The van der Waals surface area contributed by atoms with Gasteiger partial charge in [-0.05, 0) is 96.9 Å². The van der Waals surface area contributed by atoms with E-state index in [0.717, 1.165) is 54.4 Å². The van der Waals surface area contributed by atoms with Gasteiger partial charge >= 0.3 is 0 Å². The van der Waals surface area contributed by atoms with Crippen molar-refractivity contribution >= 4 is 11.5 Å². The fourth-order valence-electron chi connectivity index (χ4n) is 4.13. The lowest BCUT2D eigenvalue weighted by Gasteiger charge is -2.17. The van der Waals surface area contributed by atoms with Crippen LogP contribution in [0.25, 0.3) is 5.57 Å². The molecule has 3 N–H and O–H groups in total. The van der Waals surface area contributed by atoms with E-state index in [2.05, 4.69) is 81.7 Å². The van der Waals surface area contributed by atoms with Crippen molar-refractivity contribution in [3.8, 4) is 0 Å². The summed E-state index contributed by atoms with van der Waals surface area (Å²) in [7, 11) is 0. The molecule has 0 aliphatic rings. The first-order valence-electron chi connectivity index (χ1n) is 12.5. The third kappa shape index (κ3) is 7.85. The van der Waals surface area contributed by atoms with Gasteiger partial charge in [0.15, 0.2) is 0 Å². The van der Waals surface area contributed by atoms with E-state index in [9.17, 15) is 4.79 Å². The van der Waals surface area contributed by atoms with Gasteiger partial charge in [-0.25, -0.2) is 0 Å². The van der Waals surface area contributed by atoms with Crippen molar-refractivity contribution in [1.82, 2.24) is 5.32 Å². The van der Waals surface area contributed by atoms with E-state index in [-0.39, 0.29) is 5.91 Å². The Kier molecular flexibility index (Phi) is 11.0. The van der Waals surface area contributed by atoms with Crippen molar-refractivity contribution in [3.05, 3.63) is 100 Å². The topological polar surface area (TPSA) is 55.1 Å². The summed E-state index contributed by atoms with van der Waals surface area (Å²) in [6, 6.07) is 15.1. The second-order valence-corrected chi connectivity index (χ2v) is 9.05. The third-order valence-electron chi connectivity index (χ3n) is 6.62. The zero-order valence-corrected chi connectivity index (χ0v) is 21.6. The first kappa shape index (κ1) is 27.3. The minimum atomic E-state index is -0.00901. The average Bonchev–Trinajstić information content (AvgIpc) is 2.85. The van der Waals surface area contributed by atoms with E-state index in [1.54, 1.807) is 0 Å². The number of hydrogen-bond donors (Lipinski definition) is 2. The molecule has 1 amide bonds. The van der Waals surface area contributed by atoms with Gasteiger partial charge in [0.1, 0.15) is 0 Å². The molecular weight excluding hydrogens is 416 g/mol. The fourth-order valence-corrected chi connectivity index (χ4v) is 4.13. The first-order valence-corrected chi connectivity index (χ1v) is 12.5. The number of nitrogens with one attached hydrogen (secondary N) is 1. The smallest absolute Gasteiger partial charge is 0.247 e. The van der Waals surface area contributed by atoms with Gasteiger partial charge in [-0.3, -0.25) is 4.79 Å². The normalized spacial score (nSPS) is 11.7. The SMILES string of the molecule is C=C(CN)/C(CCCC(=C)c1ccc(C)c(C)c1)=C(\CC)C(=O)NCCc1ccc(CC)cc1. The molecule has 2 rings (SSSR count). The molecule has 3 heteroatoms. The molecule has 2 aromatic rings. The van der Waals surface area contributed by atoms with Gasteiger partial charge in [0.05, 0.1) is 0 Å². The van der Waals surface area contributed by atoms with Crippen LogP contribution >= 0.6 is 0 Å². The zero-order chi connectivity index (χ0) is 25.1. The summed E-state index contributed by atoms with van der Waals surface area (Å²) in [5.41, 5.74) is 16.0. The minimum absolute atomic E-state index is 0.00901. The van der Waals surface area contributed by atoms with Crippen molar-refractivity contribution in [1.29, 1.82) is 0 Å². The van der Waals surface area contributed by atoms with Crippen molar-refractivity contribution < 1.29 is 4.79 Å². The van der Waals surface area contributed by atoms with Gasteiger partial charge < -0.3 is 11.1 Å². The molecule has 0 aliphatic carbocycles. The predicted octanol–water partition coefficient (Wildman–Crippen LogP) is 6.63. The summed E-state index contributed by atoms with van der Waals surface area (Å²) in [6.45, 7) is 17.9. The Bertz CT molecular complexity index is 1030. The molecule has 3 nitrogen and oxygen atoms in total. The maximum Gasteiger partial charge on any atom is 0.247 e. The number of carbonyl (C=O) groups excluding carboxylic acids is 1. The van der Waals surface area contributed by atoms with Gasteiger partial charge in [0, 0.05) is 18.7 Å². The second-order valence-electron chi connectivity index (χ2n) is 9.05. The van der Waals surface area contributed by atoms with E-state index < -0.39 is 0 Å². The molecule has 0 unspecified atom stereocenters. The van der Waals surface area contributed by atoms with Crippen LogP contribution in [0.1, 0.15) is 67.3 Å². The molecule has 0 heterocycles. The number of amides is 1. The number of allylic oxidation sites excluding steroid dienone is 1. The predicted molar refractivity (Wildman–Crippen MR) is 147 cm³/mol. The molecule has 2 aromatic carbocycles. The monoisotopic (exact) mass is 458 g/mol. The average molecular weight is 459 g/mol. The molecule has 0 fully saturated rings. The molecule has 0 saturated heterocycles. The van der Waals surface area contributed by atoms with Crippen LogP contribution in [0, 0.1) is 13.8 Å². The summed E-state index contributed by atoms with van der Waals surface area (Å²) in [5.74, 6) is -0.00901. The van der Waals surface area contributed by atoms with Crippen LogP contribution in [-0.4, -0.2) is 19.0 Å². The highest BCUT2D eigenvalue weighted by atomic mass is 16.1. The van der Waals surface area contributed by atoms with Crippen molar-refractivity contribution in [2.75, 3.05) is 13.1 Å². The van der Waals surface area contributed by atoms with Gasteiger partial charge in [0.25, 0.3) is 0 Å². The summed E-state index contributed by atoms with van der Waals surface area (Å²) in [4.78, 5) is 13.0. The van der Waals surface area contributed by atoms with E-state index in [1.165, 1.54) is 27.8 Å². The number of aryl methyl sites for hydroxylation is 3. The summed E-state index contributed by atoms with van der Waals surface area (Å²) in [5, 5.41) is 3.11. The van der Waals surface area contributed by atoms with Crippen LogP contribution in [0.4, 0.5) is 0 Å². The highest BCUT2D eigenvalue weighted by Crippen LogP contribution is 2.26. The lowest BCUT2D eigenvalue weighted by molar-refractivity contribution is -0.117. The van der Waals surface area contributed by atoms with E-state index in [0.29, 0.717) is 19.5 Å². The quantitative estimate of drug-likeness (QED) is 0.261. The van der Waals surface area contributed by atoms with E-state index in [1.807, 2.05) is 6.92 Å². The van der Waals surface area contributed by atoms with Crippen LogP contribution in [0.5, 0.6) is 0 Å². The van der Waals surface area contributed by atoms with Crippen LogP contribution in [0.2, 0.25) is 0 Å². The van der Waals surface area contributed by atoms with Gasteiger partial charge in [0.2, 0.25) is 5.91 Å². The molecule has 0 radical (unpaired) electrons. The van der Waals surface area contributed by atoms with E-state index in [4.69, 9.17) is 5.73 Å². The summed E-state index contributed by atoms with van der Waals surface area (Å²) < 4.78 is 0. The van der Waals surface area contributed by atoms with Crippen molar-refractivity contribution in [3.63, 3.8) is 0 Å². The maximum atomic E-state index is 13.0. The Morgan fingerprint density at radius 3 is 2.18 bits per heavy atom. The van der Waals surface area contributed by atoms with Gasteiger partial charge in [-0.1, -0.05) is 69.5 Å². The number of hydrogen-bond acceptors (Lipinski definition) is 2. The molecule has 0 bridgehead atoms. The van der Waals surface area contributed by atoms with Crippen molar-refractivity contribution in [2.24, 2.45) is 5.73 Å². The van der Waals surface area contributed by atoms with Gasteiger partial charge in [-0.15, -0.1) is 0 Å². The van der Waals surface area contributed by atoms with Crippen molar-refractivity contribution in [2.45, 2.75) is 66.2 Å². The minimum Gasteiger partial charge on any atom is -0.352 e. The van der Waals surface area contributed by atoms with E-state index >= 15 is 0 Å². The van der Waals surface area contributed by atoms with Crippen LogP contribution in [-0.2, 0) is 17.6 Å². The number of benzene rings is 2. The number of rotatable bonds is 13. The van der Waals surface area contributed by atoms with Gasteiger partial charge in [-0.2, -0.15) is 0 Å². The Balaban J connectivity index is 2.01. The summed E-state index contributed by atoms with van der Waals surface area (Å²) >= 11 is 0. The highest BCUT2D eigenvalue weighted by Gasteiger charge is 2.16. The Morgan fingerprint density at radius 1 is 0.912 bits per heavy atom. The van der Waals surface area contributed by atoms with Crippen LogP contribution in [0.15, 0.2) is 72.3 Å². The Morgan fingerprint density at radius 2 is 1.59 bits per heavy atom. The Labute approximate surface area is 206 Å². The molecule has 0 aliphatic heterocycles. The van der Waals surface area contributed by atoms with Crippen LogP contribution in [0.3, 0.4) is 0 Å². The highest BCUT2D eigenvalue weighted by molar-refractivity contribution is 5.94. The molecule has 0 saturated carbocycles. The Hall–Kier alpha value is -2.91. The number of carbonyl (C=O) groups is 1. The first-order chi connectivity index (χ1) is 16.3. The maximum absolute atomic E-state index is 13.0. The largest absolute Gasteiger partial charge is 0.352 e. The molecule has 0 aromatic heterocycles. The lowest BCUT2D eigenvalue weighted by Crippen LogP contribution is -2.28. The zero-order valence-electron chi connectivity index (χ0n) is 21.6.